The Balaban J connectivity index is 1.58. The zero-order chi connectivity index (χ0) is 22.4. The molecule has 0 saturated heterocycles. The van der Waals surface area contributed by atoms with Gasteiger partial charge in [0, 0.05) is 18.2 Å². The van der Waals surface area contributed by atoms with Gasteiger partial charge in [0.1, 0.15) is 5.82 Å². The predicted octanol–water partition coefficient (Wildman–Crippen LogP) is 4.74. The van der Waals surface area contributed by atoms with E-state index in [1.165, 1.54) is 24.3 Å². The van der Waals surface area contributed by atoms with Crippen molar-refractivity contribution in [3.63, 3.8) is 0 Å². The van der Waals surface area contributed by atoms with Crippen molar-refractivity contribution >= 4 is 21.6 Å². The highest BCUT2D eigenvalue weighted by molar-refractivity contribution is 7.89. The molecule has 0 aliphatic heterocycles. The summed E-state index contributed by atoms with van der Waals surface area (Å²) in [5, 5.41) is 2.71. The fraction of sp³-hybridized carbons (Fsp3) is 0.208. The third kappa shape index (κ3) is 6.23. The summed E-state index contributed by atoms with van der Waals surface area (Å²) in [6, 6.07) is 19.7. The molecule has 3 rings (SSSR count). The van der Waals surface area contributed by atoms with Gasteiger partial charge in [0.25, 0.3) is 0 Å². The Morgan fingerprint density at radius 1 is 1.00 bits per heavy atom. The number of amides is 1. The molecular weight excluding hydrogens is 415 g/mol. The number of carbonyl (C=O) groups is 1. The predicted molar refractivity (Wildman–Crippen MR) is 120 cm³/mol. The van der Waals surface area contributed by atoms with E-state index in [-0.39, 0.29) is 23.3 Å². The summed E-state index contributed by atoms with van der Waals surface area (Å²) in [7, 11) is -3.67. The standard InChI is InChI=1S/C24H25FN2O3S/c1-17-8-12-21(25)16-23(17)26-24(28)15-11-19-9-13-22(14-10-19)31(29,30)27-18(2)20-6-4-3-5-7-20/h3-10,12-14,16,18,27H,11,15H2,1-2H3,(H,26,28)/t18-/m0/s1. The molecule has 162 valence electrons. The van der Waals surface area contributed by atoms with E-state index < -0.39 is 15.8 Å². The normalized spacial score (nSPS) is 12.4. The lowest BCUT2D eigenvalue weighted by molar-refractivity contribution is -0.116. The Bertz CT molecular complexity index is 1150. The minimum Gasteiger partial charge on any atom is -0.326 e. The highest BCUT2D eigenvalue weighted by Crippen LogP contribution is 2.19. The Labute approximate surface area is 182 Å². The van der Waals surface area contributed by atoms with Crippen LogP contribution in [0, 0.1) is 12.7 Å². The van der Waals surface area contributed by atoms with Crippen LogP contribution < -0.4 is 10.0 Å². The largest absolute Gasteiger partial charge is 0.326 e. The SMILES string of the molecule is Cc1ccc(F)cc1NC(=O)CCc1ccc(S(=O)(=O)N[C@@H](C)c2ccccc2)cc1. The van der Waals surface area contributed by atoms with Crippen LogP contribution in [0.15, 0.2) is 77.7 Å². The quantitative estimate of drug-likeness (QED) is 0.531. The second-order valence-electron chi connectivity index (χ2n) is 7.41. The first-order valence-corrected chi connectivity index (χ1v) is 11.4. The van der Waals surface area contributed by atoms with Gasteiger partial charge in [-0.2, -0.15) is 0 Å². The van der Waals surface area contributed by atoms with Crippen molar-refractivity contribution in [3.05, 3.63) is 95.3 Å². The number of aryl methyl sites for hydroxylation is 2. The molecule has 3 aromatic carbocycles. The lowest BCUT2D eigenvalue weighted by Gasteiger charge is -2.15. The number of anilines is 1. The molecule has 0 unspecified atom stereocenters. The lowest BCUT2D eigenvalue weighted by atomic mass is 10.1. The topological polar surface area (TPSA) is 75.3 Å². The molecule has 2 N–H and O–H groups in total. The number of benzene rings is 3. The summed E-state index contributed by atoms with van der Waals surface area (Å²) in [5.41, 5.74) is 2.94. The molecule has 5 nitrogen and oxygen atoms in total. The van der Waals surface area contributed by atoms with Gasteiger partial charge in [0.15, 0.2) is 0 Å². The van der Waals surface area contributed by atoms with Crippen LogP contribution in [0.25, 0.3) is 0 Å². The van der Waals surface area contributed by atoms with Gasteiger partial charge < -0.3 is 5.32 Å². The second kappa shape index (κ2) is 9.85. The van der Waals surface area contributed by atoms with Crippen LogP contribution in [0.2, 0.25) is 0 Å². The highest BCUT2D eigenvalue weighted by atomic mass is 32.2. The van der Waals surface area contributed by atoms with Gasteiger partial charge in [-0.1, -0.05) is 48.5 Å². The Kier molecular flexibility index (Phi) is 7.20. The monoisotopic (exact) mass is 440 g/mol. The van der Waals surface area contributed by atoms with Gasteiger partial charge in [0.2, 0.25) is 15.9 Å². The minimum absolute atomic E-state index is 0.166. The lowest BCUT2D eigenvalue weighted by Crippen LogP contribution is -2.26. The Hall–Kier alpha value is -3.03. The van der Waals surface area contributed by atoms with E-state index in [2.05, 4.69) is 10.0 Å². The first-order chi connectivity index (χ1) is 14.7. The molecule has 0 radical (unpaired) electrons. The minimum atomic E-state index is -3.67. The molecule has 3 aromatic rings. The molecule has 1 atom stereocenters. The summed E-state index contributed by atoms with van der Waals surface area (Å²) in [6.45, 7) is 3.58. The summed E-state index contributed by atoms with van der Waals surface area (Å²) < 4.78 is 41.3. The molecule has 0 fully saturated rings. The maximum absolute atomic E-state index is 13.4. The van der Waals surface area contributed by atoms with Gasteiger partial charge in [-0.15, -0.1) is 0 Å². The van der Waals surface area contributed by atoms with Gasteiger partial charge in [0.05, 0.1) is 4.90 Å². The van der Waals surface area contributed by atoms with Crippen molar-refractivity contribution in [2.75, 3.05) is 5.32 Å². The van der Waals surface area contributed by atoms with E-state index in [9.17, 15) is 17.6 Å². The molecular formula is C24H25FN2O3S. The highest BCUT2D eigenvalue weighted by Gasteiger charge is 2.18. The molecule has 0 heterocycles. The first kappa shape index (κ1) is 22.7. The van der Waals surface area contributed by atoms with Gasteiger partial charge in [-0.05, 0) is 61.2 Å². The zero-order valence-electron chi connectivity index (χ0n) is 17.4. The van der Waals surface area contributed by atoms with Crippen LogP contribution in [0.5, 0.6) is 0 Å². The number of sulfonamides is 1. The molecule has 0 saturated carbocycles. The van der Waals surface area contributed by atoms with Crippen LogP contribution in [0.4, 0.5) is 10.1 Å². The number of halogens is 1. The van der Waals surface area contributed by atoms with Crippen molar-refractivity contribution in [2.24, 2.45) is 0 Å². The van der Waals surface area contributed by atoms with E-state index in [1.807, 2.05) is 30.3 Å². The number of hydrogen-bond acceptors (Lipinski definition) is 3. The number of rotatable bonds is 8. The van der Waals surface area contributed by atoms with Crippen molar-refractivity contribution in [1.82, 2.24) is 4.72 Å². The van der Waals surface area contributed by atoms with Crippen LogP contribution in [0.1, 0.15) is 36.1 Å². The maximum Gasteiger partial charge on any atom is 0.241 e. The fourth-order valence-electron chi connectivity index (χ4n) is 3.15. The molecule has 0 bridgehead atoms. The summed E-state index contributed by atoms with van der Waals surface area (Å²) in [5.74, 6) is -0.642. The van der Waals surface area contributed by atoms with Crippen molar-refractivity contribution in [1.29, 1.82) is 0 Å². The number of nitrogens with one attached hydrogen (secondary N) is 2. The van der Waals surface area contributed by atoms with Crippen LogP contribution in [0.3, 0.4) is 0 Å². The van der Waals surface area contributed by atoms with Crippen molar-refractivity contribution < 1.29 is 17.6 Å². The average Bonchev–Trinajstić information content (AvgIpc) is 2.75. The third-order valence-corrected chi connectivity index (χ3v) is 6.54. The second-order valence-corrected chi connectivity index (χ2v) is 9.12. The van der Waals surface area contributed by atoms with Crippen LogP contribution in [-0.2, 0) is 21.2 Å². The molecule has 0 aliphatic carbocycles. The van der Waals surface area contributed by atoms with Gasteiger partial charge >= 0.3 is 0 Å². The molecule has 1 amide bonds. The molecule has 0 aromatic heterocycles. The Morgan fingerprint density at radius 3 is 2.35 bits per heavy atom. The van der Waals surface area contributed by atoms with E-state index in [0.717, 1.165) is 16.7 Å². The average molecular weight is 441 g/mol. The molecule has 0 spiro atoms. The van der Waals surface area contributed by atoms with E-state index in [0.29, 0.717) is 12.1 Å². The molecule has 31 heavy (non-hydrogen) atoms. The smallest absolute Gasteiger partial charge is 0.241 e. The third-order valence-electron chi connectivity index (χ3n) is 4.98. The van der Waals surface area contributed by atoms with E-state index >= 15 is 0 Å². The number of hydrogen-bond donors (Lipinski definition) is 2. The van der Waals surface area contributed by atoms with Crippen LogP contribution >= 0.6 is 0 Å². The fourth-order valence-corrected chi connectivity index (χ4v) is 4.38. The molecule has 7 heteroatoms. The zero-order valence-corrected chi connectivity index (χ0v) is 18.2. The Morgan fingerprint density at radius 2 is 1.68 bits per heavy atom. The van der Waals surface area contributed by atoms with Crippen molar-refractivity contribution in [2.45, 2.75) is 37.6 Å². The summed E-state index contributed by atoms with van der Waals surface area (Å²) >= 11 is 0. The van der Waals surface area contributed by atoms with Gasteiger partial charge in [-0.25, -0.2) is 17.5 Å². The van der Waals surface area contributed by atoms with Crippen LogP contribution in [-0.4, -0.2) is 14.3 Å². The van der Waals surface area contributed by atoms with E-state index in [1.54, 1.807) is 32.0 Å². The van der Waals surface area contributed by atoms with E-state index in [4.69, 9.17) is 0 Å². The molecule has 0 aliphatic rings. The summed E-state index contributed by atoms with van der Waals surface area (Å²) in [4.78, 5) is 12.4. The summed E-state index contributed by atoms with van der Waals surface area (Å²) in [6.07, 6.45) is 0.639. The first-order valence-electron chi connectivity index (χ1n) is 9.97. The van der Waals surface area contributed by atoms with Crippen molar-refractivity contribution in [3.8, 4) is 0 Å². The maximum atomic E-state index is 13.4. The number of carbonyl (C=O) groups excluding carboxylic acids is 1. The van der Waals surface area contributed by atoms with Gasteiger partial charge in [-0.3, -0.25) is 4.79 Å².